The molecule has 0 aliphatic carbocycles. The number of hydrogen-bond donors (Lipinski definition) is 6. The van der Waals surface area contributed by atoms with Gasteiger partial charge in [0.2, 0.25) is 0 Å². The summed E-state index contributed by atoms with van der Waals surface area (Å²) in [7, 11) is -9.28. The second-order valence-electron chi connectivity index (χ2n) is 1.03. The van der Waals surface area contributed by atoms with Gasteiger partial charge in [-0.3, -0.25) is 0 Å². The van der Waals surface area contributed by atoms with Crippen LogP contribution < -0.4 is 59.1 Å². The molecule has 0 amide bonds. The van der Waals surface area contributed by atoms with Crippen LogP contribution in [0.15, 0.2) is 0 Å². The van der Waals surface area contributed by atoms with Gasteiger partial charge in [0.1, 0.15) is 0 Å². The molecule has 76 valence electrons. The van der Waals surface area contributed by atoms with Crippen LogP contribution in [-0.2, 0) is 9.13 Å². The van der Waals surface area contributed by atoms with Gasteiger partial charge in [0.25, 0.3) is 0 Å². The van der Waals surface area contributed by atoms with Crippen molar-refractivity contribution in [1.29, 1.82) is 0 Å². The monoisotopic (exact) mass is 280 g/mol. The summed E-state index contributed by atoms with van der Waals surface area (Å²) < 4.78 is 17.8. The Hall–Kier alpha value is 2.51. The zero-order chi connectivity index (χ0) is 9.00. The van der Waals surface area contributed by atoms with E-state index in [1.165, 1.54) is 0 Å². The molecule has 0 rings (SSSR count). The number of rotatable bonds is 0. The predicted molar refractivity (Wildman–Crippen MR) is 38.0 cm³/mol. The van der Waals surface area contributed by atoms with Crippen LogP contribution >= 0.6 is 28.1 Å². The van der Waals surface area contributed by atoms with Gasteiger partial charge in [0.05, 0.1) is 0 Å². The Morgan fingerprint density at radius 3 is 0.692 bits per heavy atom. The Kier molecular flexibility index (Phi) is 28.6. The van der Waals surface area contributed by atoms with Crippen LogP contribution in [0.1, 0.15) is 2.85 Å². The Morgan fingerprint density at radius 1 is 0.692 bits per heavy atom. The smallest absolute Gasteiger partial charge is 1.00 e. The molecule has 0 saturated heterocycles. The maximum absolute atomic E-state index is 8.88. The third-order valence-corrected chi connectivity index (χ3v) is 0. The first-order valence-electron chi connectivity index (χ1n) is 1.57. The summed E-state index contributed by atoms with van der Waals surface area (Å²) in [6.07, 6.45) is 0. The molecule has 0 radical (unpaired) electrons. The van der Waals surface area contributed by atoms with Crippen LogP contribution in [0, 0.1) is 0 Å². The molecule has 0 aromatic rings. The maximum Gasteiger partial charge on any atom is 1.00 e. The fourth-order valence-electron chi connectivity index (χ4n) is 0. The van der Waals surface area contributed by atoms with E-state index in [1.54, 1.807) is 0 Å². The molecule has 0 aliphatic rings. The van der Waals surface area contributed by atoms with Gasteiger partial charge in [-0.2, -0.15) is 0 Å². The van der Waals surface area contributed by atoms with Crippen molar-refractivity contribution in [1.82, 2.24) is 0 Å². The molecule has 0 heterocycles. The van der Waals surface area contributed by atoms with Gasteiger partial charge in [-0.25, -0.2) is 9.13 Å². The number of halogens is 1. The molecule has 0 unspecified atom stereocenters. The van der Waals surface area contributed by atoms with Gasteiger partial charge >= 0.3 is 74.8 Å². The van der Waals surface area contributed by atoms with Crippen LogP contribution in [0.3, 0.4) is 0 Å². The summed E-state index contributed by atoms with van der Waals surface area (Å²) in [5.74, 6) is 0. The minimum atomic E-state index is -4.64. The van der Waals surface area contributed by atoms with Crippen LogP contribution in [0.25, 0.3) is 0 Å². The molecule has 0 aliphatic heterocycles. The van der Waals surface area contributed by atoms with Crippen LogP contribution in [0.5, 0.6) is 0 Å². The molecule has 0 saturated carbocycles. The van der Waals surface area contributed by atoms with E-state index in [0.29, 0.717) is 0 Å². The van der Waals surface area contributed by atoms with E-state index < -0.39 is 15.6 Å². The second kappa shape index (κ2) is 12.6. The van der Waals surface area contributed by atoms with E-state index in [-0.39, 0.29) is 74.4 Å². The third kappa shape index (κ3) is 360. The minimum Gasteiger partial charge on any atom is -1.00 e. The molecule has 8 nitrogen and oxygen atoms in total. The predicted octanol–water partition coefficient (Wildman–Crippen LogP) is -7.20. The van der Waals surface area contributed by atoms with Crippen molar-refractivity contribution in [2.75, 3.05) is 0 Å². The zero-order valence-electron chi connectivity index (χ0n) is 8.80. The standard InChI is InChI=1S/ClH.2Na.2H3O4P.2H/c;;;2*1-5(2,3)4;;/h1H;;;2*(H3,1,2,3,4);;/q;2*+1;;;2*-1. The Morgan fingerprint density at radius 2 is 0.692 bits per heavy atom. The van der Waals surface area contributed by atoms with E-state index in [4.69, 9.17) is 38.5 Å². The molecule has 0 fully saturated rings. The van der Waals surface area contributed by atoms with E-state index in [1.807, 2.05) is 0 Å². The molecule has 13 heteroatoms. The normalized spacial score (nSPS) is 9.08. The molecular weight excluding hydrogens is 271 g/mol. The van der Waals surface area contributed by atoms with Crippen LogP contribution in [0.4, 0.5) is 0 Å². The fraction of sp³-hybridized carbons (Fsp3) is 0. The van der Waals surface area contributed by atoms with Gasteiger partial charge in [-0.1, -0.05) is 0 Å². The summed E-state index contributed by atoms with van der Waals surface area (Å²) in [6.45, 7) is 0. The van der Waals surface area contributed by atoms with Crippen molar-refractivity contribution in [3.05, 3.63) is 0 Å². The van der Waals surface area contributed by atoms with E-state index in [2.05, 4.69) is 0 Å². The molecule has 0 atom stereocenters. The van der Waals surface area contributed by atoms with Crippen molar-refractivity contribution < 1.29 is 100 Å². The van der Waals surface area contributed by atoms with E-state index >= 15 is 0 Å². The van der Waals surface area contributed by atoms with Crippen molar-refractivity contribution in [2.45, 2.75) is 0 Å². The molecule has 13 heavy (non-hydrogen) atoms. The molecular formula is H9ClNa2O8P2. The van der Waals surface area contributed by atoms with Gasteiger partial charge in [-0.05, 0) is 0 Å². The largest absolute Gasteiger partial charge is 1.00 e. The zero-order valence-corrected chi connectivity index (χ0v) is 13.4. The van der Waals surface area contributed by atoms with Crippen molar-refractivity contribution >= 4 is 28.1 Å². The molecule has 0 spiro atoms. The van der Waals surface area contributed by atoms with Gasteiger partial charge in [-0.15, -0.1) is 12.4 Å². The summed E-state index contributed by atoms with van der Waals surface area (Å²) in [5, 5.41) is 0. The molecule has 0 aromatic carbocycles. The fourth-order valence-corrected chi connectivity index (χ4v) is 0. The Labute approximate surface area is 127 Å². The van der Waals surface area contributed by atoms with Gasteiger partial charge in [0, 0.05) is 0 Å². The van der Waals surface area contributed by atoms with Crippen LogP contribution in [-0.4, -0.2) is 29.4 Å². The molecule has 0 bridgehead atoms. The average molecular weight is 280 g/mol. The Balaban J connectivity index is -0.0000000128. The van der Waals surface area contributed by atoms with Crippen LogP contribution in [0.2, 0.25) is 0 Å². The SMILES string of the molecule is Cl.O=P(O)(O)O.O=P(O)(O)O.[H-].[H-].[Na+].[Na+]. The maximum atomic E-state index is 8.88. The molecule has 6 N–H and O–H groups in total. The Bertz CT molecular complexity index is 141. The summed E-state index contributed by atoms with van der Waals surface area (Å²) in [4.78, 5) is 43.1. The van der Waals surface area contributed by atoms with E-state index in [9.17, 15) is 0 Å². The van der Waals surface area contributed by atoms with Crippen molar-refractivity contribution in [3.63, 3.8) is 0 Å². The third-order valence-electron chi connectivity index (χ3n) is 0. The topological polar surface area (TPSA) is 156 Å². The first-order chi connectivity index (χ1) is 4.00. The number of hydrogen-bond acceptors (Lipinski definition) is 2. The van der Waals surface area contributed by atoms with E-state index in [0.717, 1.165) is 0 Å². The molecule has 0 aromatic heterocycles. The first-order valence-corrected chi connectivity index (χ1v) is 4.70. The van der Waals surface area contributed by atoms with Crippen molar-refractivity contribution in [3.8, 4) is 0 Å². The van der Waals surface area contributed by atoms with Gasteiger partial charge < -0.3 is 32.2 Å². The minimum absolute atomic E-state index is 0. The first kappa shape index (κ1) is 29.6. The second-order valence-corrected chi connectivity index (χ2v) is 3.08. The van der Waals surface area contributed by atoms with Gasteiger partial charge in [0.15, 0.2) is 0 Å². The summed E-state index contributed by atoms with van der Waals surface area (Å²) >= 11 is 0. The average Bonchev–Trinajstić information content (AvgIpc) is 1.12. The summed E-state index contributed by atoms with van der Waals surface area (Å²) in [6, 6.07) is 0. The van der Waals surface area contributed by atoms with Crippen molar-refractivity contribution in [2.24, 2.45) is 0 Å². The number of phosphoric acid groups is 2. The quantitative estimate of drug-likeness (QED) is 0.189. The summed E-state index contributed by atoms with van der Waals surface area (Å²) in [5.41, 5.74) is 0.